The van der Waals surface area contributed by atoms with Gasteiger partial charge in [-0.2, -0.15) is 5.06 Å². The first-order valence-electron chi connectivity index (χ1n) is 8.18. The number of hydrogen-bond donors (Lipinski definition) is 0. The molecule has 0 saturated carbocycles. The number of amides is 1. The highest BCUT2D eigenvalue weighted by molar-refractivity contribution is 5.80. The van der Waals surface area contributed by atoms with Gasteiger partial charge in [-0.3, -0.25) is 9.69 Å². The first-order valence-corrected chi connectivity index (χ1v) is 8.18. The summed E-state index contributed by atoms with van der Waals surface area (Å²) in [7, 11) is 3.87. The number of hydroxylamine groups is 2. The van der Waals surface area contributed by atoms with Crippen molar-refractivity contribution in [2.45, 2.75) is 18.9 Å². The molecule has 0 atom stereocenters. The van der Waals surface area contributed by atoms with Crippen molar-refractivity contribution < 1.29 is 9.63 Å². The van der Waals surface area contributed by atoms with Crippen LogP contribution in [0.4, 0.5) is 0 Å². The highest BCUT2D eigenvalue weighted by atomic mass is 16.7. The molecule has 0 spiro atoms. The Hall–Kier alpha value is -0.690. The predicted molar refractivity (Wildman–Crippen MR) is 80.7 cm³/mol. The Kier molecular flexibility index (Phi) is 4.78. The Morgan fingerprint density at radius 3 is 2.19 bits per heavy atom. The summed E-state index contributed by atoms with van der Waals surface area (Å²) in [5.41, 5.74) is 0. The lowest BCUT2D eigenvalue weighted by Crippen LogP contribution is -2.59. The van der Waals surface area contributed by atoms with E-state index in [4.69, 9.17) is 4.84 Å². The van der Waals surface area contributed by atoms with Gasteiger partial charge in [-0.15, -0.1) is 0 Å². The molecular weight excluding hydrogens is 268 g/mol. The lowest BCUT2D eigenvalue weighted by atomic mass is 9.99. The van der Waals surface area contributed by atoms with Crippen LogP contribution in [-0.4, -0.2) is 98.2 Å². The molecule has 120 valence electrons. The lowest BCUT2D eigenvalue weighted by Gasteiger charge is -2.44. The topological polar surface area (TPSA) is 39.3 Å². The molecule has 0 aromatic rings. The van der Waals surface area contributed by atoms with Crippen LogP contribution in [0, 0.1) is 5.92 Å². The predicted octanol–water partition coefficient (Wildman–Crippen LogP) is -0.282. The van der Waals surface area contributed by atoms with E-state index < -0.39 is 0 Å². The molecule has 1 amide bonds. The standard InChI is InChI=1S/C15H28N4O2/c1-16-5-3-14(4-6-16)17-7-9-18(10-8-17)15(20)13-11-19(12-13)21-2/h13-14H,3-12H2,1-2H3. The summed E-state index contributed by atoms with van der Waals surface area (Å²) in [5, 5.41) is 1.84. The van der Waals surface area contributed by atoms with Gasteiger partial charge < -0.3 is 14.6 Å². The highest BCUT2D eigenvalue weighted by Crippen LogP contribution is 2.21. The summed E-state index contributed by atoms with van der Waals surface area (Å²) in [6.07, 6.45) is 2.55. The van der Waals surface area contributed by atoms with Gasteiger partial charge in [-0.1, -0.05) is 0 Å². The van der Waals surface area contributed by atoms with Crippen LogP contribution in [0.2, 0.25) is 0 Å². The van der Waals surface area contributed by atoms with Crippen molar-refractivity contribution in [3.63, 3.8) is 0 Å². The van der Waals surface area contributed by atoms with Gasteiger partial charge in [0, 0.05) is 45.3 Å². The molecule has 3 aliphatic rings. The lowest BCUT2D eigenvalue weighted by molar-refractivity contribution is -0.204. The number of rotatable bonds is 3. The van der Waals surface area contributed by atoms with Crippen LogP contribution in [0.5, 0.6) is 0 Å². The van der Waals surface area contributed by atoms with Gasteiger partial charge in [0.2, 0.25) is 5.91 Å². The molecule has 3 aliphatic heterocycles. The summed E-state index contributed by atoms with van der Waals surface area (Å²) < 4.78 is 0. The van der Waals surface area contributed by atoms with Crippen molar-refractivity contribution in [3.8, 4) is 0 Å². The van der Waals surface area contributed by atoms with E-state index in [-0.39, 0.29) is 5.92 Å². The minimum Gasteiger partial charge on any atom is -0.340 e. The summed E-state index contributed by atoms with van der Waals surface area (Å²) in [4.78, 5) is 24.6. The van der Waals surface area contributed by atoms with Crippen LogP contribution >= 0.6 is 0 Å². The van der Waals surface area contributed by atoms with E-state index >= 15 is 0 Å². The SMILES string of the molecule is CON1CC(C(=O)N2CCN(C3CCN(C)CC3)CC2)C1. The van der Waals surface area contributed by atoms with Gasteiger partial charge in [0.15, 0.2) is 0 Å². The van der Waals surface area contributed by atoms with Crippen molar-refractivity contribution in [2.75, 3.05) is 66.5 Å². The summed E-state index contributed by atoms with van der Waals surface area (Å²) >= 11 is 0. The molecule has 0 aliphatic carbocycles. The van der Waals surface area contributed by atoms with Gasteiger partial charge in [0.25, 0.3) is 0 Å². The van der Waals surface area contributed by atoms with Crippen molar-refractivity contribution in [1.29, 1.82) is 0 Å². The van der Waals surface area contributed by atoms with Crippen LogP contribution in [0.3, 0.4) is 0 Å². The fourth-order valence-corrected chi connectivity index (χ4v) is 3.67. The van der Waals surface area contributed by atoms with Crippen molar-refractivity contribution in [1.82, 2.24) is 19.8 Å². The molecule has 0 N–H and O–H groups in total. The number of hydrogen-bond acceptors (Lipinski definition) is 5. The van der Waals surface area contributed by atoms with E-state index in [0.717, 1.165) is 45.3 Å². The second kappa shape index (κ2) is 6.60. The van der Waals surface area contributed by atoms with Gasteiger partial charge in [-0.25, -0.2) is 0 Å². The summed E-state index contributed by atoms with van der Waals surface area (Å²) in [5.74, 6) is 0.478. The molecule has 6 nitrogen and oxygen atoms in total. The van der Waals surface area contributed by atoms with Crippen LogP contribution in [0.25, 0.3) is 0 Å². The van der Waals surface area contributed by atoms with Crippen molar-refractivity contribution in [2.24, 2.45) is 5.92 Å². The maximum atomic E-state index is 12.4. The maximum absolute atomic E-state index is 12.4. The van der Waals surface area contributed by atoms with Crippen LogP contribution in [0.15, 0.2) is 0 Å². The summed E-state index contributed by atoms with van der Waals surface area (Å²) in [6.45, 7) is 7.80. The van der Waals surface area contributed by atoms with E-state index in [1.54, 1.807) is 7.11 Å². The second-order valence-corrected chi connectivity index (χ2v) is 6.62. The molecule has 3 rings (SSSR count). The highest BCUT2D eigenvalue weighted by Gasteiger charge is 2.37. The zero-order chi connectivity index (χ0) is 14.8. The Morgan fingerprint density at radius 2 is 1.62 bits per heavy atom. The molecule has 6 heteroatoms. The molecule has 3 heterocycles. The largest absolute Gasteiger partial charge is 0.340 e. The number of carbonyl (C=O) groups is 1. The zero-order valence-corrected chi connectivity index (χ0v) is 13.3. The third-order valence-electron chi connectivity index (χ3n) is 5.29. The monoisotopic (exact) mass is 296 g/mol. The fourth-order valence-electron chi connectivity index (χ4n) is 3.67. The second-order valence-electron chi connectivity index (χ2n) is 6.62. The Labute approximate surface area is 127 Å². The molecule has 0 unspecified atom stereocenters. The average molecular weight is 296 g/mol. The van der Waals surface area contributed by atoms with Crippen LogP contribution in [-0.2, 0) is 9.63 Å². The van der Waals surface area contributed by atoms with Gasteiger partial charge in [-0.05, 0) is 33.0 Å². The number of likely N-dealkylation sites (tertiary alicyclic amines) is 1. The zero-order valence-electron chi connectivity index (χ0n) is 13.3. The number of carbonyl (C=O) groups excluding carboxylic acids is 1. The first-order chi connectivity index (χ1) is 10.2. The third-order valence-corrected chi connectivity index (χ3v) is 5.29. The Morgan fingerprint density at radius 1 is 1.00 bits per heavy atom. The van der Waals surface area contributed by atoms with Crippen molar-refractivity contribution >= 4 is 5.91 Å². The van der Waals surface area contributed by atoms with Crippen molar-refractivity contribution in [3.05, 3.63) is 0 Å². The molecular formula is C15H28N4O2. The smallest absolute Gasteiger partial charge is 0.228 e. The minimum absolute atomic E-state index is 0.153. The normalized spacial score (nSPS) is 27.8. The Balaban J connectivity index is 1.42. The number of piperazine rings is 1. The maximum Gasteiger partial charge on any atom is 0.228 e. The molecule has 0 bridgehead atoms. The van der Waals surface area contributed by atoms with Crippen LogP contribution in [0.1, 0.15) is 12.8 Å². The average Bonchev–Trinajstić information content (AvgIpc) is 2.47. The molecule has 3 saturated heterocycles. The molecule has 3 fully saturated rings. The summed E-state index contributed by atoms with van der Waals surface area (Å²) in [6, 6.07) is 0.728. The van der Waals surface area contributed by atoms with Gasteiger partial charge in [0.1, 0.15) is 0 Å². The van der Waals surface area contributed by atoms with Gasteiger partial charge >= 0.3 is 0 Å². The molecule has 21 heavy (non-hydrogen) atoms. The van der Waals surface area contributed by atoms with E-state index in [1.807, 2.05) is 5.06 Å². The number of piperidine rings is 1. The Bertz CT molecular complexity index is 357. The third kappa shape index (κ3) is 3.39. The first kappa shape index (κ1) is 15.2. The molecule has 0 radical (unpaired) electrons. The van der Waals surface area contributed by atoms with Crippen LogP contribution < -0.4 is 0 Å². The van der Waals surface area contributed by atoms with E-state index in [0.29, 0.717) is 5.91 Å². The van der Waals surface area contributed by atoms with E-state index in [9.17, 15) is 4.79 Å². The fraction of sp³-hybridized carbons (Fsp3) is 0.933. The van der Waals surface area contributed by atoms with E-state index in [1.165, 1.54) is 25.9 Å². The molecule has 0 aromatic carbocycles. The minimum atomic E-state index is 0.153. The van der Waals surface area contributed by atoms with Gasteiger partial charge in [0.05, 0.1) is 13.0 Å². The molecule has 0 aromatic heterocycles. The quantitative estimate of drug-likeness (QED) is 0.716. The van der Waals surface area contributed by atoms with E-state index in [2.05, 4.69) is 21.7 Å². The number of nitrogens with zero attached hydrogens (tertiary/aromatic N) is 4.